The molecule has 3 atom stereocenters. The van der Waals surface area contributed by atoms with Gasteiger partial charge in [-0.15, -0.1) is 0 Å². The van der Waals surface area contributed by atoms with Crippen LogP contribution in [0.5, 0.6) is 5.75 Å². The monoisotopic (exact) mass is 498 g/mol. The van der Waals surface area contributed by atoms with Crippen LogP contribution < -0.4 is 4.74 Å². The molecule has 2 aromatic carbocycles. The first-order valence-corrected chi connectivity index (χ1v) is 11.7. The second kappa shape index (κ2) is 9.46. The van der Waals surface area contributed by atoms with Crippen molar-refractivity contribution >= 4 is 22.6 Å². The number of aromatic nitrogens is 1. The maximum absolute atomic E-state index is 16.2. The molecule has 2 heterocycles. The largest absolute Gasteiger partial charge is 0.480 e. The molecule has 1 aromatic heterocycles. The number of benzene rings is 2. The third-order valence-electron chi connectivity index (χ3n) is 6.85. The lowest BCUT2D eigenvalue weighted by atomic mass is 9.77. The molecule has 2 aliphatic rings. The van der Waals surface area contributed by atoms with Crippen LogP contribution >= 0.6 is 0 Å². The Kier molecular flexibility index (Phi) is 6.34. The summed E-state index contributed by atoms with van der Waals surface area (Å²) in [5, 5.41) is 9.48. The quantitative estimate of drug-likeness (QED) is 0.434. The van der Waals surface area contributed by atoms with Crippen molar-refractivity contribution < 1.29 is 32.2 Å². The lowest BCUT2D eigenvalue weighted by Crippen LogP contribution is -2.35. The van der Waals surface area contributed by atoms with Crippen molar-refractivity contribution in [3.05, 3.63) is 77.7 Å². The van der Waals surface area contributed by atoms with Gasteiger partial charge in [0.15, 0.2) is 5.58 Å². The van der Waals surface area contributed by atoms with Crippen LogP contribution in [0, 0.1) is 0 Å². The molecule has 0 radical (unpaired) electrons. The zero-order valence-corrected chi connectivity index (χ0v) is 19.5. The number of allylic oxidation sites excluding steroid dienone is 4. The van der Waals surface area contributed by atoms with Crippen molar-refractivity contribution in [3.63, 3.8) is 0 Å². The predicted molar refractivity (Wildman–Crippen MR) is 128 cm³/mol. The van der Waals surface area contributed by atoms with E-state index < -0.39 is 30.2 Å². The average Bonchev–Trinajstić information content (AvgIpc) is 3.46. The third-order valence-corrected chi connectivity index (χ3v) is 6.85. The summed E-state index contributed by atoms with van der Waals surface area (Å²) in [6.45, 7) is -0.992. The number of rotatable bonds is 7. The van der Waals surface area contributed by atoms with Crippen molar-refractivity contribution in [2.24, 2.45) is 0 Å². The highest BCUT2D eigenvalue weighted by atomic mass is 19.3. The number of carboxylic acids is 1. The van der Waals surface area contributed by atoms with E-state index in [4.69, 9.17) is 9.15 Å². The van der Waals surface area contributed by atoms with Crippen LogP contribution in [-0.2, 0) is 11.3 Å². The minimum absolute atomic E-state index is 0.0994. The second-order valence-corrected chi connectivity index (χ2v) is 9.21. The lowest BCUT2D eigenvalue weighted by Gasteiger charge is -2.31. The lowest BCUT2D eigenvalue weighted by molar-refractivity contribution is -0.142. The highest BCUT2D eigenvalue weighted by molar-refractivity contribution is 5.79. The number of carboxylic acid groups (broad SMARTS) is 1. The highest BCUT2D eigenvalue weighted by Crippen LogP contribution is 2.46. The molecular weight excluding hydrogens is 473 g/mol. The van der Waals surface area contributed by atoms with Gasteiger partial charge in [0, 0.05) is 18.2 Å². The van der Waals surface area contributed by atoms with Gasteiger partial charge in [-0.2, -0.15) is 8.78 Å². The van der Waals surface area contributed by atoms with E-state index in [0.717, 1.165) is 5.56 Å². The topological polar surface area (TPSA) is 75.8 Å². The number of hydrogen-bond donors (Lipinski definition) is 1. The number of fused-ring (bicyclic) bond motifs is 1. The van der Waals surface area contributed by atoms with Crippen molar-refractivity contribution in [2.75, 3.05) is 6.54 Å². The van der Waals surface area contributed by atoms with Crippen molar-refractivity contribution in [1.29, 1.82) is 0 Å². The Morgan fingerprint density at radius 1 is 1.31 bits per heavy atom. The minimum atomic E-state index is -3.08. The third kappa shape index (κ3) is 4.51. The minimum Gasteiger partial charge on any atom is -0.480 e. The van der Waals surface area contributed by atoms with E-state index in [1.54, 1.807) is 29.2 Å². The smallest absolute Gasteiger partial charge is 0.387 e. The van der Waals surface area contributed by atoms with Gasteiger partial charge in [0.05, 0.1) is 5.92 Å². The molecule has 6 nitrogen and oxygen atoms in total. The zero-order chi connectivity index (χ0) is 25.4. The molecule has 3 aromatic rings. The van der Waals surface area contributed by atoms with Gasteiger partial charge in [0.2, 0.25) is 5.89 Å². The average molecular weight is 499 g/mol. The summed E-state index contributed by atoms with van der Waals surface area (Å²) >= 11 is 0. The maximum Gasteiger partial charge on any atom is 0.387 e. The van der Waals surface area contributed by atoms with Gasteiger partial charge in [-0.3, -0.25) is 9.69 Å². The first-order chi connectivity index (χ1) is 17.2. The van der Waals surface area contributed by atoms with E-state index in [1.807, 2.05) is 30.3 Å². The van der Waals surface area contributed by atoms with E-state index in [0.29, 0.717) is 36.0 Å². The molecule has 5 rings (SSSR count). The van der Waals surface area contributed by atoms with Crippen LogP contribution in [0.4, 0.5) is 13.2 Å². The molecule has 36 heavy (non-hydrogen) atoms. The highest BCUT2D eigenvalue weighted by Gasteiger charge is 2.42. The molecule has 0 amide bonds. The molecule has 1 N–H and O–H groups in total. The fourth-order valence-electron chi connectivity index (χ4n) is 5.08. The summed E-state index contributed by atoms with van der Waals surface area (Å²) in [6, 6.07) is 11.3. The summed E-state index contributed by atoms with van der Waals surface area (Å²) in [6.07, 6.45) is 6.31. The van der Waals surface area contributed by atoms with Crippen LogP contribution in [0.3, 0.4) is 0 Å². The molecule has 1 fully saturated rings. The second-order valence-electron chi connectivity index (χ2n) is 9.21. The van der Waals surface area contributed by atoms with E-state index in [2.05, 4.69) is 4.98 Å². The number of halogens is 3. The van der Waals surface area contributed by atoms with Crippen molar-refractivity contribution in [2.45, 2.75) is 50.6 Å². The number of ether oxygens (including phenoxy) is 1. The Hall–Kier alpha value is -3.59. The molecule has 2 unspecified atom stereocenters. The fraction of sp³-hybridized carbons (Fsp3) is 0.333. The van der Waals surface area contributed by atoms with Crippen LogP contribution in [0.25, 0.3) is 16.7 Å². The maximum atomic E-state index is 16.2. The van der Waals surface area contributed by atoms with Gasteiger partial charge in [-0.25, -0.2) is 9.37 Å². The Bertz CT molecular complexity index is 1330. The summed E-state index contributed by atoms with van der Waals surface area (Å²) in [5.74, 6) is -1.81. The van der Waals surface area contributed by atoms with Gasteiger partial charge in [-0.1, -0.05) is 48.6 Å². The van der Waals surface area contributed by atoms with Crippen LogP contribution in [-0.4, -0.2) is 45.8 Å². The van der Waals surface area contributed by atoms with Gasteiger partial charge in [0.1, 0.15) is 23.0 Å². The Labute approximate surface area is 205 Å². The van der Waals surface area contributed by atoms with Gasteiger partial charge < -0.3 is 14.3 Å². The molecular formula is C27H25F3N2O4. The van der Waals surface area contributed by atoms with E-state index in [1.165, 1.54) is 13.0 Å². The SMILES string of the molecule is CC1(F)C(c2ccccc2)=CC=CC1c1nc2cc(CN3CCC[C@H]3C(=O)O)c(OC(F)F)cc2o1. The molecule has 1 aliphatic carbocycles. The summed E-state index contributed by atoms with van der Waals surface area (Å²) in [4.78, 5) is 17.8. The van der Waals surface area contributed by atoms with E-state index >= 15 is 4.39 Å². The molecule has 0 saturated carbocycles. The van der Waals surface area contributed by atoms with Crippen LogP contribution in [0.1, 0.15) is 42.7 Å². The van der Waals surface area contributed by atoms with Crippen LogP contribution in [0.2, 0.25) is 0 Å². The molecule has 0 spiro atoms. The number of aliphatic carboxylic acids is 1. The molecule has 1 aliphatic heterocycles. The number of alkyl halides is 3. The zero-order valence-electron chi connectivity index (χ0n) is 19.5. The predicted octanol–water partition coefficient (Wildman–Crippen LogP) is 5.94. The first kappa shape index (κ1) is 24.1. The molecule has 0 bridgehead atoms. The van der Waals surface area contributed by atoms with E-state index in [-0.39, 0.29) is 23.8 Å². The molecule has 9 heteroatoms. The number of likely N-dealkylation sites (tertiary alicyclic amines) is 1. The van der Waals surface area contributed by atoms with Gasteiger partial charge in [-0.05, 0) is 43.5 Å². The first-order valence-electron chi connectivity index (χ1n) is 11.7. The fourth-order valence-corrected chi connectivity index (χ4v) is 5.08. The Balaban J connectivity index is 1.50. The number of carbonyl (C=O) groups is 1. The molecule has 188 valence electrons. The van der Waals surface area contributed by atoms with Crippen LogP contribution in [0.15, 0.2) is 65.1 Å². The molecule has 1 saturated heterocycles. The number of oxazole rings is 1. The normalized spacial score (nSPS) is 24.4. The standard InChI is InChI=1S/C27H25F3N2O4/c1-27(30)18(16-7-3-2-4-8-16)9-5-10-19(27)24-31-20-13-17(15-32-12-6-11-21(32)25(33)34)22(36-26(28)29)14-23(20)35-24/h2-5,7-10,13-14,19,21,26H,6,11-12,15H2,1H3,(H,33,34)/t19?,21-,27?/m0/s1. The number of hydrogen-bond acceptors (Lipinski definition) is 5. The van der Waals surface area contributed by atoms with Crippen molar-refractivity contribution in [1.82, 2.24) is 9.88 Å². The van der Waals surface area contributed by atoms with Gasteiger partial charge in [0.25, 0.3) is 0 Å². The number of nitrogens with zero attached hydrogens (tertiary/aromatic N) is 2. The van der Waals surface area contributed by atoms with Crippen molar-refractivity contribution in [3.8, 4) is 5.75 Å². The van der Waals surface area contributed by atoms with E-state index in [9.17, 15) is 18.7 Å². The summed E-state index contributed by atoms with van der Waals surface area (Å²) in [7, 11) is 0. The summed E-state index contributed by atoms with van der Waals surface area (Å²) < 4.78 is 53.2. The Morgan fingerprint density at radius 3 is 2.81 bits per heavy atom. The van der Waals surface area contributed by atoms with Gasteiger partial charge >= 0.3 is 12.6 Å². The summed E-state index contributed by atoms with van der Waals surface area (Å²) in [5.41, 5.74) is 0.276. The Morgan fingerprint density at radius 2 is 2.08 bits per heavy atom.